The smallest absolute Gasteiger partial charge is 0.256 e. The van der Waals surface area contributed by atoms with Gasteiger partial charge in [0, 0.05) is 16.9 Å². The molecule has 0 amide bonds. The molecule has 3 nitrogen and oxygen atoms in total. The molecule has 2 rings (SSSR count). The van der Waals surface area contributed by atoms with Crippen LogP contribution in [0.3, 0.4) is 0 Å². The van der Waals surface area contributed by atoms with Crippen molar-refractivity contribution in [3.63, 3.8) is 0 Å². The minimum atomic E-state index is -0.679. The van der Waals surface area contributed by atoms with E-state index >= 15 is 0 Å². The van der Waals surface area contributed by atoms with E-state index in [4.69, 9.17) is 0 Å². The Morgan fingerprint density at radius 2 is 2.08 bits per heavy atom. The highest BCUT2D eigenvalue weighted by Crippen LogP contribution is 2.27. The monoisotopic (exact) mass is 174 g/mol. The molecule has 0 saturated carbocycles. The van der Waals surface area contributed by atoms with Crippen LogP contribution in [-0.2, 0) is 0 Å². The number of allylic oxidation sites excluding steroid dienone is 1. The van der Waals surface area contributed by atoms with E-state index in [1.54, 1.807) is 18.2 Å². The fourth-order valence-electron chi connectivity index (χ4n) is 1.48. The third-order valence-electron chi connectivity index (χ3n) is 2.11. The van der Waals surface area contributed by atoms with Crippen molar-refractivity contribution in [3.8, 4) is 0 Å². The normalized spacial score (nSPS) is 19.5. The third-order valence-corrected chi connectivity index (χ3v) is 2.11. The first-order valence-corrected chi connectivity index (χ1v) is 4.03. The van der Waals surface area contributed by atoms with E-state index in [1.165, 1.54) is 0 Å². The summed E-state index contributed by atoms with van der Waals surface area (Å²) in [6, 6.07) is 6.70. The Labute approximate surface area is 75.8 Å². The number of nitrogens with zero attached hydrogens (tertiary/aromatic N) is 1. The van der Waals surface area contributed by atoms with E-state index in [0.717, 1.165) is 11.1 Å². The maximum absolute atomic E-state index is 10.7. The highest BCUT2D eigenvalue weighted by molar-refractivity contribution is 5.42. The highest BCUT2D eigenvalue weighted by atomic mass is 16.6. The highest BCUT2D eigenvalue weighted by Gasteiger charge is 2.24. The number of hydrogen-bond acceptors (Lipinski definition) is 2. The quantitative estimate of drug-likeness (QED) is 0.483. The SMILES string of the molecule is O=[N+]([O-])C1C=C[CH]c2ccccc21. The lowest BCUT2D eigenvalue weighted by Crippen LogP contribution is -2.12. The van der Waals surface area contributed by atoms with Gasteiger partial charge in [0.2, 0.25) is 0 Å². The van der Waals surface area contributed by atoms with Gasteiger partial charge < -0.3 is 0 Å². The molecular weight excluding hydrogens is 166 g/mol. The summed E-state index contributed by atoms with van der Waals surface area (Å²) in [5.74, 6) is 0. The maximum Gasteiger partial charge on any atom is 0.256 e. The predicted molar refractivity (Wildman–Crippen MR) is 48.7 cm³/mol. The second kappa shape index (κ2) is 3.01. The average molecular weight is 174 g/mol. The summed E-state index contributed by atoms with van der Waals surface area (Å²) in [5.41, 5.74) is 1.71. The fourth-order valence-corrected chi connectivity index (χ4v) is 1.48. The Morgan fingerprint density at radius 3 is 2.85 bits per heavy atom. The Hall–Kier alpha value is -1.64. The predicted octanol–water partition coefficient (Wildman–Crippen LogP) is 2.13. The molecule has 0 spiro atoms. The van der Waals surface area contributed by atoms with Gasteiger partial charge in [0.25, 0.3) is 6.04 Å². The van der Waals surface area contributed by atoms with Gasteiger partial charge in [-0.1, -0.05) is 30.3 Å². The molecule has 0 fully saturated rings. The fraction of sp³-hybridized carbons (Fsp3) is 0.100. The van der Waals surface area contributed by atoms with E-state index < -0.39 is 6.04 Å². The van der Waals surface area contributed by atoms with Crippen LogP contribution in [0.25, 0.3) is 0 Å². The second-order valence-electron chi connectivity index (χ2n) is 2.91. The van der Waals surface area contributed by atoms with Crippen molar-refractivity contribution in [2.75, 3.05) is 0 Å². The zero-order valence-electron chi connectivity index (χ0n) is 6.88. The molecule has 0 N–H and O–H groups in total. The van der Waals surface area contributed by atoms with Gasteiger partial charge >= 0.3 is 0 Å². The summed E-state index contributed by atoms with van der Waals surface area (Å²) < 4.78 is 0. The van der Waals surface area contributed by atoms with Gasteiger partial charge in [-0.2, -0.15) is 0 Å². The molecule has 1 aliphatic rings. The van der Waals surface area contributed by atoms with Crippen molar-refractivity contribution in [2.45, 2.75) is 6.04 Å². The molecule has 13 heavy (non-hydrogen) atoms. The molecule has 0 saturated heterocycles. The molecule has 0 aromatic heterocycles. The molecule has 1 aromatic rings. The van der Waals surface area contributed by atoms with Crippen molar-refractivity contribution >= 4 is 0 Å². The lowest BCUT2D eigenvalue weighted by molar-refractivity contribution is -0.515. The van der Waals surface area contributed by atoms with E-state index in [1.807, 2.05) is 24.6 Å². The van der Waals surface area contributed by atoms with Crippen LogP contribution >= 0.6 is 0 Å². The molecule has 1 aromatic carbocycles. The van der Waals surface area contributed by atoms with Gasteiger partial charge in [0.15, 0.2) is 0 Å². The van der Waals surface area contributed by atoms with Crippen LogP contribution in [0.1, 0.15) is 17.2 Å². The first-order valence-electron chi connectivity index (χ1n) is 4.03. The molecule has 0 heterocycles. The molecule has 0 aliphatic heterocycles. The Balaban J connectivity index is 2.48. The van der Waals surface area contributed by atoms with Crippen molar-refractivity contribution in [3.05, 3.63) is 64.1 Å². The minimum absolute atomic E-state index is 0.275. The van der Waals surface area contributed by atoms with Crippen molar-refractivity contribution in [2.24, 2.45) is 0 Å². The van der Waals surface area contributed by atoms with Gasteiger partial charge in [-0.25, -0.2) is 0 Å². The summed E-state index contributed by atoms with van der Waals surface area (Å²) in [6.45, 7) is 0. The van der Waals surface area contributed by atoms with Gasteiger partial charge in [-0.15, -0.1) is 0 Å². The number of fused-ring (bicyclic) bond motifs is 1. The molecule has 3 heteroatoms. The number of hydrogen-bond donors (Lipinski definition) is 0. The summed E-state index contributed by atoms with van der Waals surface area (Å²) in [7, 11) is 0. The van der Waals surface area contributed by atoms with Crippen LogP contribution in [0.15, 0.2) is 36.4 Å². The molecular formula is C10H8NO2. The lowest BCUT2D eigenvalue weighted by Gasteiger charge is -2.13. The summed E-state index contributed by atoms with van der Waals surface area (Å²) >= 11 is 0. The van der Waals surface area contributed by atoms with E-state index in [9.17, 15) is 10.1 Å². The van der Waals surface area contributed by atoms with Gasteiger partial charge in [-0.3, -0.25) is 10.1 Å². The molecule has 65 valence electrons. The van der Waals surface area contributed by atoms with E-state index in [-0.39, 0.29) is 4.92 Å². The van der Waals surface area contributed by atoms with Gasteiger partial charge in [-0.05, 0) is 11.6 Å². The minimum Gasteiger partial charge on any atom is -0.264 e. The van der Waals surface area contributed by atoms with Crippen molar-refractivity contribution < 1.29 is 4.92 Å². The zero-order valence-corrected chi connectivity index (χ0v) is 6.88. The molecule has 1 aliphatic carbocycles. The Bertz CT molecular complexity index is 371. The molecule has 1 radical (unpaired) electrons. The first-order chi connectivity index (χ1) is 6.29. The number of benzene rings is 1. The average Bonchev–Trinajstić information content (AvgIpc) is 2.17. The van der Waals surface area contributed by atoms with Crippen LogP contribution < -0.4 is 0 Å². The third kappa shape index (κ3) is 1.33. The van der Waals surface area contributed by atoms with Crippen LogP contribution in [0, 0.1) is 16.5 Å². The standard InChI is InChI=1S/C10H8NO2/c12-11(13)10-7-3-5-8-4-1-2-6-9(8)10/h1-7,10H. The second-order valence-corrected chi connectivity index (χ2v) is 2.91. The molecule has 1 atom stereocenters. The number of nitro groups is 1. The zero-order chi connectivity index (χ0) is 9.26. The largest absolute Gasteiger partial charge is 0.264 e. The summed E-state index contributed by atoms with van der Waals surface area (Å²) in [6.07, 6.45) is 5.22. The van der Waals surface area contributed by atoms with Crippen LogP contribution in [-0.4, -0.2) is 4.92 Å². The van der Waals surface area contributed by atoms with Crippen LogP contribution in [0.5, 0.6) is 0 Å². The van der Waals surface area contributed by atoms with E-state index in [0.29, 0.717) is 0 Å². The van der Waals surface area contributed by atoms with Gasteiger partial charge in [0.1, 0.15) is 0 Å². The van der Waals surface area contributed by atoms with Crippen molar-refractivity contribution in [1.82, 2.24) is 0 Å². The van der Waals surface area contributed by atoms with Gasteiger partial charge in [0.05, 0.1) is 0 Å². The lowest BCUT2D eigenvalue weighted by atomic mass is 9.93. The molecule has 1 unspecified atom stereocenters. The maximum atomic E-state index is 10.7. The first kappa shape index (κ1) is 7.98. The summed E-state index contributed by atoms with van der Waals surface area (Å²) in [5, 5.41) is 10.7. The topological polar surface area (TPSA) is 43.1 Å². The number of rotatable bonds is 1. The Morgan fingerprint density at radius 1 is 1.31 bits per heavy atom. The van der Waals surface area contributed by atoms with Crippen molar-refractivity contribution in [1.29, 1.82) is 0 Å². The molecule has 0 bridgehead atoms. The summed E-state index contributed by atoms with van der Waals surface area (Å²) in [4.78, 5) is 10.4. The van der Waals surface area contributed by atoms with E-state index in [2.05, 4.69) is 0 Å². The Kier molecular flexibility index (Phi) is 1.85. The van der Waals surface area contributed by atoms with Crippen LogP contribution in [0.2, 0.25) is 0 Å². The van der Waals surface area contributed by atoms with Crippen LogP contribution in [0.4, 0.5) is 0 Å².